The standard InChI is InChI=1S/C20H34N4O3/c1-14-16(15(2)24(6)23-14)9-10-17(25)22-20(11-7-8-12-20)13-21-18(26)27-19(3,4)5/h7-13H2,1-6H3,(H,21,26)(H,22,25). The first-order valence-electron chi connectivity index (χ1n) is 9.78. The van der Waals surface area contributed by atoms with Crippen LogP contribution in [0.25, 0.3) is 0 Å². The van der Waals surface area contributed by atoms with Gasteiger partial charge in [0.05, 0.1) is 11.2 Å². The third-order valence-electron chi connectivity index (χ3n) is 5.20. The summed E-state index contributed by atoms with van der Waals surface area (Å²) in [4.78, 5) is 24.6. The van der Waals surface area contributed by atoms with Gasteiger partial charge in [-0.25, -0.2) is 4.79 Å². The van der Waals surface area contributed by atoms with Crippen LogP contribution in [0.5, 0.6) is 0 Å². The summed E-state index contributed by atoms with van der Waals surface area (Å²) >= 11 is 0. The van der Waals surface area contributed by atoms with Gasteiger partial charge in [0.25, 0.3) is 0 Å². The molecule has 7 nitrogen and oxygen atoms in total. The number of carbonyl (C=O) groups excluding carboxylic acids is 2. The monoisotopic (exact) mass is 378 g/mol. The van der Waals surface area contributed by atoms with Crippen molar-refractivity contribution in [3.63, 3.8) is 0 Å². The smallest absolute Gasteiger partial charge is 0.407 e. The molecule has 0 aromatic carbocycles. The van der Waals surface area contributed by atoms with Crippen molar-refractivity contribution < 1.29 is 14.3 Å². The highest BCUT2D eigenvalue weighted by Gasteiger charge is 2.36. The van der Waals surface area contributed by atoms with Crippen LogP contribution >= 0.6 is 0 Å². The number of aryl methyl sites for hydroxylation is 2. The second-order valence-corrected chi connectivity index (χ2v) is 8.66. The number of hydrogen-bond acceptors (Lipinski definition) is 4. The summed E-state index contributed by atoms with van der Waals surface area (Å²) in [5.74, 6) is 0.0190. The molecule has 1 aromatic heterocycles. The number of rotatable bonds is 6. The molecule has 152 valence electrons. The Labute approximate surface area is 162 Å². The molecule has 0 aliphatic heterocycles. The third kappa shape index (κ3) is 5.97. The average molecular weight is 379 g/mol. The molecule has 2 rings (SSSR count). The van der Waals surface area contributed by atoms with E-state index in [-0.39, 0.29) is 11.4 Å². The van der Waals surface area contributed by atoms with E-state index in [0.717, 1.165) is 42.6 Å². The molecule has 0 spiro atoms. The predicted octanol–water partition coefficient (Wildman–Crippen LogP) is 2.92. The van der Waals surface area contributed by atoms with E-state index >= 15 is 0 Å². The van der Waals surface area contributed by atoms with Crippen LogP contribution in [-0.2, 0) is 23.0 Å². The first-order chi connectivity index (χ1) is 12.5. The molecular formula is C20H34N4O3. The SMILES string of the molecule is Cc1nn(C)c(C)c1CCC(=O)NC1(CNC(=O)OC(C)(C)C)CCCC1. The zero-order valence-corrected chi connectivity index (χ0v) is 17.6. The fraction of sp³-hybridized carbons (Fsp3) is 0.750. The maximum atomic E-state index is 12.6. The van der Waals surface area contributed by atoms with Gasteiger partial charge in [0.2, 0.25) is 5.91 Å². The Hall–Kier alpha value is -2.05. The van der Waals surface area contributed by atoms with Gasteiger partial charge in [-0.15, -0.1) is 0 Å². The van der Waals surface area contributed by atoms with E-state index < -0.39 is 11.7 Å². The molecule has 0 saturated heterocycles. The predicted molar refractivity (Wildman–Crippen MR) is 105 cm³/mol. The summed E-state index contributed by atoms with van der Waals surface area (Å²) in [6.45, 7) is 9.91. The Morgan fingerprint density at radius 3 is 2.37 bits per heavy atom. The number of nitrogens with zero attached hydrogens (tertiary/aromatic N) is 2. The van der Waals surface area contributed by atoms with Gasteiger partial charge in [0, 0.05) is 25.7 Å². The molecule has 1 aliphatic carbocycles. The van der Waals surface area contributed by atoms with Crippen LogP contribution < -0.4 is 10.6 Å². The van der Waals surface area contributed by atoms with Crippen molar-refractivity contribution in [1.82, 2.24) is 20.4 Å². The maximum absolute atomic E-state index is 12.6. The number of carbonyl (C=O) groups is 2. The second-order valence-electron chi connectivity index (χ2n) is 8.66. The number of nitrogens with one attached hydrogen (secondary N) is 2. The Bertz CT molecular complexity index is 682. The van der Waals surface area contributed by atoms with Gasteiger partial charge < -0.3 is 15.4 Å². The third-order valence-corrected chi connectivity index (χ3v) is 5.20. The minimum Gasteiger partial charge on any atom is -0.444 e. The largest absolute Gasteiger partial charge is 0.444 e. The van der Waals surface area contributed by atoms with Crippen molar-refractivity contribution in [1.29, 1.82) is 0 Å². The number of hydrogen-bond donors (Lipinski definition) is 2. The van der Waals surface area contributed by atoms with E-state index in [2.05, 4.69) is 15.7 Å². The Morgan fingerprint density at radius 1 is 1.22 bits per heavy atom. The van der Waals surface area contributed by atoms with Crippen molar-refractivity contribution in [2.24, 2.45) is 7.05 Å². The number of aromatic nitrogens is 2. The van der Waals surface area contributed by atoms with Crippen molar-refractivity contribution >= 4 is 12.0 Å². The molecule has 2 N–H and O–H groups in total. The molecule has 27 heavy (non-hydrogen) atoms. The van der Waals surface area contributed by atoms with Gasteiger partial charge in [-0.3, -0.25) is 9.48 Å². The molecule has 1 aliphatic rings. The van der Waals surface area contributed by atoms with Crippen molar-refractivity contribution in [2.45, 2.75) is 84.3 Å². The van der Waals surface area contributed by atoms with E-state index in [0.29, 0.717) is 19.4 Å². The quantitative estimate of drug-likeness (QED) is 0.797. The van der Waals surface area contributed by atoms with E-state index in [1.165, 1.54) is 0 Å². The van der Waals surface area contributed by atoms with E-state index in [1.807, 2.05) is 46.3 Å². The molecule has 1 saturated carbocycles. The highest BCUT2D eigenvalue weighted by molar-refractivity contribution is 5.77. The first kappa shape index (κ1) is 21.3. The average Bonchev–Trinajstić information content (AvgIpc) is 3.08. The summed E-state index contributed by atoms with van der Waals surface area (Å²) in [5.41, 5.74) is 2.32. The summed E-state index contributed by atoms with van der Waals surface area (Å²) in [7, 11) is 1.92. The molecule has 1 fully saturated rings. The van der Waals surface area contributed by atoms with Crippen LogP contribution in [0, 0.1) is 13.8 Å². The van der Waals surface area contributed by atoms with Crippen molar-refractivity contribution in [3.05, 3.63) is 17.0 Å². The minimum absolute atomic E-state index is 0.0190. The van der Waals surface area contributed by atoms with E-state index in [1.54, 1.807) is 0 Å². The summed E-state index contributed by atoms with van der Waals surface area (Å²) in [5, 5.41) is 10.4. The fourth-order valence-corrected chi connectivity index (χ4v) is 3.73. The van der Waals surface area contributed by atoms with Gasteiger partial charge in [0.15, 0.2) is 0 Å². The lowest BCUT2D eigenvalue weighted by molar-refractivity contribution is -0.123. The van der Waals surface area contributed by atoms with Crippen LogP contribution in [0.4, 0.5) is 4.79 Å². The molecule has 0 atom stereocenters. The highest BCUT2D eigenvalue weighted by atomic mass is 16.6. The van der Waals surface area contributed by atoms with Crippen molar-refractivity contribution in [3.8, 4) is 0 Å². The lowest BCUT2D eigenvalue weighted by atomic mass is 9.96. The van der Waals surface area contributed by atoms with Gasteiger partial charge >= 0.3 is 6.09 Å². The summed E-state index contributed by atoms with van der Waals surface area (Å²) in [6, 6.07) is 0. The molecule has 0 bridgehead atoms. The molecule has 0 radical (unpaired) electrons. The molecule has 0 unspecified atom stereocenters. The Morgan fingerprint density at radius 2 is 1.85 bits per heavy atom. The Balaban J connectivity index is 1.90. The maximum Gasteiger partial charge on any atom is 0.407 e. The van der Waals surface area contributed by atoms with E-state index in [4.69, 9.17) is 4.74 Å². The highest BCUT2D eigenvalue weighted by Crippen LogP contribution is 2.29. The van der Waals surface area contributed by atoms with Crippen molar-refractivity contribution in [2.75, 3.05) is 6.54 Å². The summed E-state index contributed by atoms with van der Waals surface area (Å²) < 4.78 is 7.16. The Kier molecular flexibility index (Phi) is 6.54. The van der Waals surface area contributed by atoms with Gasteiger partial charge in [-0.1, -0.05) is 12.8 Å². The summed E-state index contributed by atoms with van der Waals surface area (Å²) in [6.07, 6.45) is 4.51. The van der Waals surface area contributed by atoms with Crippen LogP contribution in [0.3, 0.4) is 0 Å². The number of alkyl carbamates (subject to hydrolysis) is 1. The van der Waals surface area contributed by atoms with Crippen LogP contribution in [0.2, 0.25) is 0 Å². The van der Waals surface area contributed by atoms with Gasteiger partial charge in [-0.05, 0) is 59.4 Å². The van der Waals surface area contributed by atoms with Crippen LogP contribution in [-0.4, -0.2) is 39.5 Å². The molecular weight excluding hydrogens is 344 g/mol. The molecule has 1 aromatic rings. The minimum atomic E-state index is -0.532. The molecule has 1 heterocycles. The lowest BCUT2D eigenvalue weighted by Crippen LogP contribution is -2.54. The number of amides is 2. The molecule has 7 heteroatoms. The fourth-order valence-electron chi connectivity index (χ4n) is 3.73. The topological polar surface area (TPSA) is 85.3 Å². The van der Waals surface area contributed by atoms with Crippen LogP contribution in [0.15, 0.2) is 0 Å². The normalized spacial score (nSPS) is 16.2. The zero-order valence-electron chi connectivity index (χ0n) is 17.6. The van der Waals surface area contributed by atoms with E-state index in [9.17, 15) is 9.59 Å². The molecule has 2 amide bonds. The lowest BCUT2D eigenvalue weighted by Gasteiger charge is -2.31. The number of ether oxygens (including phenoxy) is 1. The van der Waals surface area contributed by atoms with Crippen LogP contribution in [0.1, 0.15) is 69.8 Å². The van der Waals surface area contributed by atoms with Gasteiger partial charge in [0.1, 0.15) is 5.60 Å². The zero-order chi connectivity index (χ0) is 20.2. The first-order valence-corrected chi connectivity index (χ1v) is 9.78. The van der Waals surface area contributed by atoms with Gasteiger partial charge in [-0.2, -0.15) is 5.10 Å². The second kappa shape index (κ2) is 8.31.